The van der Waals surface area contributed by atoms with Crippen molar-refractivity contribution in [3.05, 3.63) is 12.3 Å². The Morgan fingerprint density at radius 3 is 2.45 bits per heavy atom. The van der Waals surface area contributed by atoms with E-state index < -0.39 is 10.0 Å². The first-order valence-corrected chi connectivity index (χ1v) is 5.31. The topological polar surface area (TPSA) is 37.4 Å². The van der Waals surface area contributed by atoms with Crippen molar-refractivity contribution in [1.29, 1.82) is 0 Å². The van der Waals surface area contributed by atoms with E-state index in [4.69, 9.17) is 0 Å². The Bertz CT molecular complexity index is 256. The Labute approximate surface area is 67.8 Å². The molecule has 0 amide bonds. The summed E-state index contributed by atoms with van der Waals surface area (Å²) in [6.07, 6.45) is 1.73. The molecular weight excluding hydrogens is 162 g/mol. The molecule has 3 nitrogen and oxygen atoms in total. The van der Waals surface area contributed by atoms with Crippen LogP contribution in [-0.4, -0.2) is 25.0 Å². The smallest absolute Gasteiger partial charge is 0.234 e. The highest BCUT2D eigenvalue weighted by Gasteiger charge is 2.24. The number of sulfonamides is 1. The molecule has 1 fully saturated rings. The molecule has 0 unspecified atom stereocenters. The van der Waals surface area contributed by atoms with E-state index >= 15 is 0 Å². The molecule has 1 heterocycles. The van der Waals surface area contributed by atoms with Crippen LogP contribution in [0.25, 0.3) is 0 Å². The van der Waals surface area contributed by atoms with E-state index in [0.29, 0.717) is 12.2 Å². The third-order valence-corrected chi connectivity index (χ3v) is 3.75. The molecule has 0 aromatic rings. The Morgan fingerprint density at radius 1 is 1.45 bits per heavy atom. The largest absolute Gasteiger partial charge is 0.275 e. The quantitative estimate of drug-likeness (QED) is 0.595. The fourth-order valence-corrected chi connectivity index (χ4v) is 2.89. The van der Waals surface area contributed by atoms with Gasteiger partial charge in [0.25, 0.3) is 0 Å². The van der Waals surface area contributed by atoms with Gasteiger partial charge < -0.3 is 0 Å². The minimum atomic E-state index is -2.99. The van der Waals surface area contributed by atoms with Gasteiger partial charge in [-0.25, -0.2) is 8.42 Å². The molecule has 64 valence electrons. The molecule has 0 aromatic heterocycles. The molecule has 1 aliphatic rings. The normalized spacial score (nSPS) is 23.2. The molecule has 4 heteroatoms. The molecule has 1 saturated heterocycles. The van der Waals surface area contributed by atoms with Crippen molar-refractivity contribution in [3.8, 4) is 0 Å². The maximum Gasteiger partial charge on any atom is 0.234 e. The second-order valence-corrected chi connectivity index (χ2v) is 4.84. The van der Waals surface area contributed by atoms with Gasteiger partial charge in [-0.3, -0.25) is 4.31 Å². The second kappa shape index (κ2) is 2.85. The van der Waals surface area contributed by atoms with Gasteiger partial charge >= 0.3 is 0 Å². The van der Waals surface area contributed by atoms with Gasteiger partial charge in [0.1, 0.15) is 0 Å². The summed E-state index contributed by atoms with van der Waals surface area (Å²) in [5.41, 5.74) is 0.629. The first kappa shape index (κ1) is 8.59. The molecular formula is C7H13NO2S. The monoisotopic (exact) mass is 175 g/mol. The molecule has 0 aromatic carbocycles. The lowest BCUT2D eigenvalue weighted by Crippen LogP contribution is -2.35. The lowest BCUT2D eigenvalue weighted by atomic mass is 10.3. The summed E-state index contributed by atoms with van der Waals surface area (Å²) in [4.78, 5) is 0. The van der Waals surface area contributed by atoms with E-state index in [0.717, 1.165) is 12.8 Å². The van der Waals surface area contributed by atoms with Crippen LogP contribution >= 0.6 is 0 Å². The van der Waals surface area contributed by atoms with Crippen molar-refractivity contribution in [2.24, 2.45) is 0 Å². The van der Waals surface area contributed by atoms with Crippen LogP contribution < -0.4 is 0 Å². The zero-order chi connectivity index (χ0) is 8.48. The van der Waals surface area contributed by atoms with E-state index in [1.165, 1.54) is 4.31 Å². The maximum absolute atomic E-state index is 11.3. The average Bonchev–Trinajstić information content (AvgIpc) is 1.85. The summed E-state index contributed by atoms with van der Waals surface area (Å²) in [6.45, 7) is 5.96. The molecule has 1 aliphatic heterocycles. The molecule has 0 aliphatic carbocycles. The minimum absolute atomic E-state index is 0.278. The van der Waals surface area contributed by atoms with Gasteiger partial charge in [0.15, 0.2) is 0 Å². The second-order valence-electron chi connectivity index (χ2n) is 2.83. The molecule has 1 rings (SSSR count). The molecule has 0 saturated carbocycles. The van der Waals surface area contributed by atoms with Gasteiger partial charge in [-0.1, -0.05) is 6.58 Å². The fraction of sp³-hybridized carbons (Fsp3) is 0.714. The molecule has 0 N–H and O–H groups in total. The zero-order valence-electron chi connectivity index (χ0n) is 6.71. The van der Waals surface area contributed by atoms with Crippen LogP contribution in [0.1, 0.15) is 19.8 Å². The van der Waals surface area contributed by atoms with Crippen LogP contribution in [0, 0.1) is 0 Å². The lowest BCUT2D eigenvalue weighted by molar-refractivity contribution is 0.442. The highest BCUT2D eigenvalue weighted by molar-refractivity contribution is 7.89. The van der Waals surface area contributed by atoms with Crippen molar-refractivity contribution < 1.29 is 8.42 Å². The van der Waals surface area contributed by atoms with Crippen LogP contribution in [0.5, 0.6) is 0 Å². The van der Waals surface area contributed by atoms with Crippen LogP contribution in [0.2, 0.25) is 0 Å². The zero-order valence-corrected chi connectivity index (χ0v) is 7.52. The van der Waals surface area contributed by atoms with Crippen molar-refractivity contribution in [2.45, 2.75) is 19.8 Å². The van der Waals surface area contributed by atoms with Gasteiger partial charge in [0.05, 0.1) is 5.75 Å². The number of hydrogen-bond donors (Lipinski definition) is 0. The summed E-state index contributed by atoms with van der Waals surface area (Å²) in [5.74, 6) is 0.278. The van der Waals surface area contributed by atoms with Crippen molar-refractivity contribution >= 4 is 10.0 Å². The predicted molar refractivity (Wildman–Crippen MR) is 44.5 cm³/mol. The van der Waals surface area contributed by atoms with E-state index in [-0.39, 0.29) is 5.75 Å². The predicted octanol–water partition coefficient (Wildman–Crippen LogP) is 0.946. The molecule has 11 heavy (non-hydrogen) atoms. The van der Waals surface area contributed by atoms with Gasteiger partial charge in [-0.2, -0.15) is 0 Å². The third kappa shape index (κ3) is 1.74. The van der Waals surface area contributed by atoms with E-state index in [9.17, 15) is 8.42 Å². The van der Waals surface area contributed by atoms with Crippen LogP contribution in [0.4, 0.5) is 0 Å². The van der Waals surface area contributed by atoms with Crippen molar-refractivity contribution in [3.63, 3.8) is 0 Å². The fourth-order valence-electron chi connectivity index (χ4n) is 1.22. The Hall–Kier alpha value is -0.510. The van der Waals surface area contributed by atoms with Gasteiger partial charge in [0.2, 0.25) is 10.0 Å². The SMILES string of the molecule is C=C(C)N1CCCCS1(=O)=O. The summed E-state index contributed by atoms with van der Waals surface area (Å²) >= 11 is 0. The third-order valence-electron chi connectivity index (χ3n) is 1.78. The van der Waals surface area contributed by atoms with E-state index in [1.54, 1.807) is 6.92 Å². The average molecular weight is 175 g/mol. The van der Waals surface area contributed by atoms with Gasteiger partial charge in [0, 0.05) is 12.2 Å². The first-order chi connectivity index (χ1) is 5.04. The van der Waals surface area contributed by atoms with Gasteiger partial charge in [-0.15, -0.1) is 0 Å². The van der Waals surface area contributed by atoms with E-state index in [2.05, 4.69) is 6.58 Å². The minimum Gasteiger partial charge on any atom is -0.275 e. The molecule has 0 bridgehead atoms. The van der Waals surface area contributed by atoms with Crippen LogP contribution in [0.15, 0.2) is 12.3 Å². The number of nitrogens with zero attached hydrogens (tertiary/aromatic N) is 1. The number of hydrogen-bond acceptors (Lipinski definition) is 2. The van der Waals surface area contributed by atoms with Crippen molar-refractivity contribution in [2.75, 3.05) is 12.3 Å². The number of rotatable bonds is 1. The summed E-state index contributed by atoms with van der Waals surface area (Å²) < 4.78 is 24.0. The lowest BCUT2D eigenvalue weighted by Gasteiger charge is -2.27. The van der Waals surface area contributed by atoms with Crippen molar-refractivity contribution in [1.82, 2.24) is 4.31 Å². The Kier molecular flexibility index (Phi) is 2.23. The molecule has 0 atom stereocenters. The summed E-state index contributed by atoms with van der Waals surface area (Å²) in [6, 6.07) is 0. The van der Waals surface area contributed by atoms with Crippen LogP contribution in [-0.2, 0) is 10.0 Å². The highest BCUT2D eigenvalue weighted by Crippen LogP contribution is 2.17. The number of allylic oxidation sites excluding steroid dienone is 1. The highest BCUT2D eigenvalue weighted by atomic mass is 32.2. The Morgan fingerprint density at radius 2 is 2.09 bits per heavy atom. The summed E-state index contributed by atoms with van der Waals surface area (Å²) in [7, 11) is -2.99. The molecule has 0 spiro atoms. The maximum atomic E-state index is 11.3. The summed E-state index contributed by atoms with van der Waals surface area (Å²) in [5, 5.41) is 0. The standard InChI is InChI=1S/C7H13NO2S/c1-7(2)8-5-3-4-6-11(8,9)10/h1,3-6H2,2H3. The van der Waals surface area contributed by atoms with E-state index in [1.807, 2.05) is 0 Å². The molecule has 0 radical (unpaired) electrons. The first-order valence-electron chi connectivity index (χ1n) is 3.70. The Balaban J connectivity index is 2.85. The van der Waals surface area contributed by atoms with Gasteiger partial charge in [-0.05, 0) is 19.8 Å². The van der Waals surface area contributed by atoms with Crippen LogP contribution in [0.3, 0.4) is 0 Å².